The molecule has 0 atom stereocenters. The Hall–Kier alpha value is -2.26. The molecule has 1 aliphatic rings. The van der Waals surface area contributed by atoms with Crippen LogP contribution in [0.2, 0.25) is 0 Å². The van der Waals surface area contributed by atoms with Gasteiger partial charge in [-0.05, 0) is 13.8 Å². The molecule has 2 heterocycles. The third-order valence-corrected chi connectivity index (χ3v) is 3.26. The number of hydrogen-bond acceptors (Lipinski definition) is 5. The van der Waals surface area contributed by atoms with Gasteiger partial charge < -0.3 is 19.9 Å². The molecule has 0 aliphatic carbocycles. The van der Waals surface area contributed by atoms with Gasteiger partial charge in [0, 0.05) is 19.1 Å². The van der Waals surface area contributed by atoms with Crippen LogP contribution in [0.25, 0.3) is 0 Å². The number of hydrogen-bond donors (Lipinski definition) is 2. The molecule has 1 aliphatic heterocycles. The van der Waals surface area contributed by atoms with Crippen LogP contribution in [0.1, 0.15) is 65.9 Å². The molecule has 10 heteroatoms. The zero-order valence-corrected chi connectivity index (χ0v) is 17.9. The second-order valence-electron chi connectivity index (χ2n) is 5.15. The first-order valence-corrected chi connectivity index (χ1v) is 9.57. The Morgan fingerprint density at radius 2 is 1.57 bits per heavy atom. The molecule has 1 amide bonds. The van der Waals surface area contributed by atoms with Crippen LogP contribution in [0, 0.1) is 0 Å². The van der Waals surface area contributed by atoms with Crippen molar-refractivity contribution < 1.29 is 23.1 Å². The predicted octanol–water partition coefficient (Wildman–Crippen LogP) is 3.87. The van der Waals surface area contributed by atoms with E-state index in [2.05, 4.69) is 4.98 Å². The number of carbonyl (C=O) groups is 1. The van der Waals surface area contributed by atoms with E-state index in [0.29, 0.717) is 0 Å². The number of nitrogens with zero attached hydrogens (tertiary/aromatic N) is 3. The second-order valence-corrected chi connectivity index (χ2v) is 5.15. The van der Waals surface area contributed by atoms with Gasteiger partial charge in [0.15, 0.2) is 5.69 Å². The van der Waals surface area contributed by atoms with Crippen LogP contribution in [0.3, 0.4) is 0 Å². The van der Waals surface area contributed by atoms with Gasteiger partial charge >= 0.3 is 11.7 Å². The number of aromatic hydroxyl groups is 1. The van der Waals surface area contributed by atoms with Crippen molar-refractivity contribution in [2.75, 3.05) is 18.4 Å². The Kier molecular flexibility index (Phi) is 13.0. The Morgan fingerprint density at radius 3 is 2.00 bits per heavy atom. The molecular weight excluding hydrogens is 377 g/mol. The Bertz CT molecular complexity index is 659. The lowest BCUT2D eigenvalue weighted by atomic mass is 10.2. The van der Waals surface area contributed by atoms with Gasteiger partial charge in [-0.25, -0.2) is 0 Å². The van der Waals surface area contributed by atoms with Crippen LogP contribution >= 0.6 is 0 Å². The fourth-order valence-electron chi connectivity index (χ4n) is 2.23. The molecule has 28 heavy (non-hydrogen) atoms. The predicted molar refractivity (Wildman–Crippen MR) is 105 cm³/mol. The van der Waals surface area contributed by atoms with Crippen molar-refractivity contribution in [3.63, 3.8) is 0 Å². The van der Waals surface area contributed by atoms with Gasteiger partial charge in [-0.15, -0.1) is 0 Å². The molecule has 0 saturated carbocycles. The van der Waals surface area contributed by atoms with E-state index in [1.54, 1.807) is 13.8 Å². The molecule has 0 saturated heterocycles. The van der Waals surface area contributed by atoms with Crippen molar-refractivity contribution in [1.82, 2.24) is 14.5 Å². The molecule has 0 aromatic carbocycles. The number of aromatic nitrogens is 2. The maximum atomic E-state index is 12.3. The van der Waals surface area contributed by atoms with Crippen LogP contribution in [0.5, 0.6) is 5.75 Å². The van der Waals surface area contributed by atoms with Crippen LogP contribution in [-0.4, -0.2) is 50.8 Å². The Morgan fingerprint density at radius 1 is 1.07 bits per heavy atom. The minimum atomic E-state index is -4.50. The topological polar surface area (TPSA) is 87.5 Å². The van der Waals surface area contributed by atoms with Gasteiger partial charge in [0.1, 0.15) is 6.54 Å². The number of rotatable bonds is 3. The lowest BCUT2D eigenvalue weighted by Crippen LogP contribution is -2.46. The standard InChI is InChI=1S/C12H15F3N4O3.3C2H6/c1-6(2)18-3-4-19-7(10(18)22)8(20)9(21)17-11(19)16-5-12(13,14)15;3*1-2/h6,20H,3-5H2,1-2H3,(H,16,17,21);3*1-2H3. The fourth-order valence-corrected chi connectivity index (χ4v) is 2.23. The number of fused-ring (bicyclic) bond motifs is 1. The highest BCUT2D eigenvalue weighted by atomic mass is 19.4. The lowest BCUT2D eigenvalue weighted by Gasteiger charge is -2.33. The number of alkyl halides is 3. The summed E-state index contributed by atoms with van der Waals surface area (Å²) in [6.45, 7) is 14.5. The monoisotopic (exact) mass is 410 g/mol. The smallest absolute Gasteiger partial charge is 0.405 e. The third-order valence-electron chi connectivity index (χ3n) is 3.26. The highest BCUT2D eigenvalue weighted by molar-refractivity contribution is 5.96. The zero-order chi connectivity index (χ0) is 22.7. The van der Waals surface area contributed by atoms with Gasteiger partial charge in [-0.1, -0.05) is 41.5 Å². The van der Waals surface area contributed by atoms with Crippen molar-refractivity contribution in [3.8, 4) is 5.75 Å². The van der Waals surface area contributed by atoms with E-state index in [-0.39, 0.29) is 30.8 Å². The molecule has 0 fully saturated rings. The summed E-state index contributed by atoms with van der Waals surface area (Å²) in [6.07, 6.45) is -4.50. The zero-order valence-electron chi connectivity index (χ0n) is 17.9. The SMILES string of the molecule is CC.CC.CC.CC(C)N1CCn2c(NCC(F)(F)F)nc(=O)c(O)c2C1=O. The van der Waals surface area contributed by atoms with Crippen LogP contribution < -0.4 is 10.9 Å². The quantitative estimate of drug-likeness (QED) is 0.790. The molecule has 0 bridgehead atoms. The summed E-state index contributed by atoms with van der Waals surface area (Å²) in [4.78, 5) is 28.7. The number of nitrogens with one attached hydrogen (secondary N) is 1. The van der Waals surface area contributed by atoms with Crippen LogP contribution in [0.4, 0.5) is 19.1 Å². The molecule has 0 spiro atoms. The molecule has 1 aromatic heterocycles. The van der Waals surface area contributed by atoms with Crippen molar-refractivity contribution in [1.29, 1.82) is 0 Å². The minimum absolute atomic E-state index is 0.125. The van der Waals surface area contributed by atoms with Crippen molar-refractivity contribution in [2.45, 2.75) is 74.2 Å². The summed E-state index contributed by atoms with van der Waals surface area (Å²) < 4.78 is 38.0. The second kappa shape index (κ2) is 13.0. The first-order valence-electron chi connectivity index (χ1n) is 9.57. The first kappa shape index (κ1) is 28.0. The summed E-state index contributed by atoms with van der Waals surface area (Å²) in [5, 5.41) is 11.8. The fraction of sp³-hybridized carbons (Fsp3) is 0.722. The average molecular weight is 410 g/mol. The van der Waals surface area contributed by atoms with Crippen molar-refractivity contribution in [3.05, 3.63) is 16.0 Å². The van der Waals surface area contributed by atoms with Crippen LogP contribution in [0.15, 0.2) is 4.79 Å². The largest absolute Gasteiger partial charge is 0.501 e. The maximum Gasteiger partial charge on any atom is 0.405 e. The number of amides is 1. The molecule has 0 radical (unpaired) electrons. The van der Waals surface area contributed by atoms with Gasteiger partial charge in [0.2, 0.25) is 11.7 Å². The summed E-state index contributed by atoms with van der Waals surface area (Å²) in [6, 6.07) is -0.171. The summed E-state index contributed by atoms with van der Waals surface area (Å²) in [5.41, 5.74) is -1.49. The van der Waals surface area contributed by atoms with Gasteiger partial charge in [-0.2, -0.15) is 18.2 Å². The van der Waals surface area contributed by atoms with E-state index in [9.17, 15) is 27.9 Å². The first-order chi connectivity index (χ1) is 13.1. The molecule has 164 valence electrons. The molecule has 7 nitrogen and oxygen atoms in total. The third kappa shape index (κ3) is 7.40. The van der Waals surface area contributed by atoms with Crippen molar-refractivity contribution >= 4 is 11.9 Å². The van der Waals surface area contributed by atoms with Gasteiger partial charge in [0.25, 0.3) is 5.91 Å². The van der Waals surface area contributed by atoms with Gasteiger partial charge in [0.05, 0.1) is 0 Å². The summed E-state index contributed by atoms with van der Waals surface area (Å²) >= 11 is 0. The molecule has 1 aromatic rings. The number of anilines is 1. The van der Waals surface area contributed by atoms with E-state index < -0.39 is 29.9 Å². The number of carbonyl (C=O) groups excluding carboxylic acids is 1. The molecule has 0 unspecified atom stereocenters. The summed E-state index contributed by atoms with van der Waals surface area (Å²) in [5.74, 6) is -1.85. The number of halogens is 3. The Labute approximate surface area is 164 Å². The van der Waals surface area contributed by atoms with E-state index in [1.165, 1.54) is 4.90 Å². The molecular formula is C18H33F3N4O3. The highest BCUT2D eigenvalue weighted by Gasteiger charge is 2.33. The van der Waals surface area contributed by atoms with Gasteiger partial charge in [-0.3, -0.25) is 9.59 Å². The normalized spacial score (nSPS) is 12.6. The maximum absolute atomic E-state index is 12.3. The Balaban J connectivity index is 0. The molecule has 2 N–H and O–H groups in total. The van der Waals surface area contributed by atoms with Crippen LogP contribution in [-0.2, 0) is 6.54 Å². The lowest BCUT2D eigenvalue weighted by molar-refractivity contribution is -0.115. The average Bonchev–Trinajstić information content (AvgIpc) is 2.67. The summed E-state index contributed by atoms with van der Waals surface area (Å²) in [7, 11) is 0. The van der Waals surface area contributed by atoms with E-state index >= 15 is 0 Å². The van der Waals surface area contributed by atoms with E-state index in [0.717, 1.165) is 4.57 Å². The minimum Gasteiger partial charge on any atom is -0.501 e. The van der Waals surface area contributed by atoms with E-state index in [4.69, 9.17) is 0 Å². The highest BCUT2D eigenvalue weighted by Crippen LogP contribution is 2.24. The molecule has 2 rings (SSSR count). The van der Waals surface area contributed by atoms with E-state index in [1.807, 2.05) is 46.9 Å². The van der Waals surface area contributed by atoms with Crippen molar-refractivity contribution in [2.24, 2.45) is 0 Å².